The lowest BCUT2D eigenvalue weighted by Gasteiger charge is -2.18. The standard InChI is InChI=1S/C59H100O5/c1-4-7-10-13-16-19-22-25-27-29-31-33-36-39-42-45-48-51-54-62-55-57(64-59(61)53-50-47-44-41-38-34-24-21-18-15-12-9-6-3)56-63-58(60)52-49-46-43-40-37-35-32-30-28-26-23-20-17-14-11-8-5-2/h7-8,10-11,16-17,19-20,25-28,32,35,40,43,57H,4-6,9,12-15,18,21-24,29-31,33-34,36-39,41-42,44-56H2,1-3H3/b10-7-,11-8-,19-16-,20-17-,27-25-,28-26-,35-32-,43-40-. The van der Waals surface area contributed by atoms with Crippen molar-refractivity contribution in [1.82, 2.24) is 0 Å². The van der Waals surface area contributed by atoms with Crippen LogP contribution in [0.5, 0.6) is 0 Å². The van der Waals surface area contributed by atoms with Gasteiger partial charge in [0.15, 0.2) is 6.10 Å². The summed E-state index contributed by atoms with van der Waals surface area (Å²) in [4.78, 5) is 25.4. The van der Waals surface area contributed by atoms with Crippen LogP contribution in [0.4, 0.5) is 0 Å². The van der Waals surface area contributed by atoms with E-state index in [-0.39, 0.29) is 25.2 Å². The van der Waals surface area contributed by atoms with Crippen LogP contribution in [0.3, 0.4) is 0 Å². The summed E-state index contributed by atoms with van der Waals surface area (Å²) in [6.07, 6.45) is 72.8. The summed E-state index contributed by atoms with van der Waals surface area (Å²) in [5.41, 5.74) is 0. The van der Waals surface area contributed by atoms with Crippen LogP contribution in [0.15, 0.2) is 97.2 Å². The summed E-state index contributed by atoms with van der Waals surface area (Å²) in [5, 5.41) is 0. The Hall–Kier alpha value is -3.18. The molecule has 0 saturated heterocycles. The third-order valence-corrected chi connectivity index (χ3v) is 11.1. The van der Waals surface area contributed by atoms with Gasteiger partial charge < -0.3 is 14.2 Å². The fraction of sp³-hybridized carbons (Fsp3) is 0.695. The predicted molar refractivity (Wildman–Crippen MR) is 279 cm³/mol. The third-order valence-electron chi connectivity index (χ3n) is 11.1. The summed E-state index contributed by atoms with van der Waals surface area (Å²) < 4.78 is 17.4. The Morgan fingerprint density at radius 1 is 0.359 bits per heavy atom. The summed E-state index contributed by atoms with van der Waals surface area (Å²) in [5.74, 6) is -0.467. The molecule has 0 aromatic carbocycles. The topological polar surface area (TPSA) is 61.8 Å². The maximum atomic E-state index is 12.8. The van der Waals surface area contributed by atoms with Crippen LogP contribution in [-0.2, 0) is 23.8 Å². The maximum Gasteiger partial charge on any atom is 0.306 e. The van der Waals surface area contributed by atoms with E-state index in [1.807, 2.05) is 0 Å². The molecule has 5 heteroatoms. The van der Waals surface area contributed by atoms with Crippen LogP contribution in [0.25, 0.3) is 0 Å². The smallest absolute Gasteiger partial charge is 0.306 e. The molecule has 0 spiro atoms. The molecule has 1 unspecified atom stereocenters. The van der Waals surface area contributed by atoms with Crippen molar-refractivity contribution >= 4 is 11.9 Å². The molecule has 0 aromatic rings. The van der Waals surface area contributed by atoms with Crippen molar-refractivity contribution in [2.75, 3.05) is 19.8 Å². The molecule has 0 N–H and O–H groups in total. The van der Waals surface area contributed by atoms with Crippen molar-refractivity contribution in [2.24, 2.45) is 0 Å². The first-order chi connectivity index (χ1) is 31.6. The Labute approximate surface area is 396 Å². The van der Waals surface area contributed by atoms with Crippen LogP contribution in [-0.4, -0.2) is 37.9 Å². The van der Waals surface area contributed by atoms with Gasteiger partial charge >= 0.3 is 11.9 Å². The highest BCUT2D eigenvalue weighted by atomic mass is 16.6. The average molecular weight is 889 g/mol. The molecule has 1 atom stereocenters. The lowest BCUT2D eigenvalue weighted by molar-refractivity contribution is -0.163. The first-order valence-electron chi connectivity index (χ1n) is 26.8. The number of allylic oxidation sites excluding steroid dienone is 16. The van der Waals surface area contributed by atoms with Gasteiger partial charge in [0.25, 0.3) is 0 Å². The molecule has 0 aliphatic heterocycles. The van der Waals surface area contributed by atoms with E-state index in [0.29, 0.717) is 19.4 Å². The van der Waals surface area contributed by atoms with E-state index in [2.05, 4.69) is 118 Å². The lowest BCUT2D eigenvalue weighted by atomic mass is 10.0. The number of unbranched alkanes of at least 4 members (excludes halogenated alkanes) is 21. The van der Waals surface area contributed by atoms with E-state index in [4.69, 9.17) is 14.2 Å². The van der Waals surface area contributed by atoms with E-state index < -0.39 is 6.10 Å². The number of carbonyl (C=O) groups excluding carboxylic acids is 2. The molecule has 64 heavy (non-hydrogen) atoms. The van der Waals surface area contributed by atoms with Gasteiger partial charge in [0, 0.05) is 19.4 Å². The van der Waals surface area contributed by atoms with Crippen LogP contribution >= 0.6 is 0 Å². The van der Waals surface area contributed by atoms with Crippen LogP contribution < -0.4 is 0 Å². The molecule has 0 aliphatic rings. The number of esters is 2. The molecule has 0 aliphatic carbocycles. The van der Waals surface area contributed by atoms with Gasteiger partial charge in [-0.15, -0.1) is 0 Å². The zero-order valence-corrected chi connectivity index (χ0v) is 42.0. The molecular formula is C59H100O5. The van der Waals surface area contributed by atoms with Crippen molar-refractivity contribution in [2.45, 2.75) is 245 Å². The van der Waals surface area contributed by atoms with E-state index in [1.165, 1.54) is 116 Å². The minimum atomic E-state index is -0.566. The Morgan fingerprint density at radius 3 is 1.17 bits per heavy atom. The van der Waals surface area contributed by atoms with E-state index in [9.17, 15) is 9.59 Å². The molecular weight excluding hydrogens is 789 g/mol. The summed E-state index contributed by atoms with van der Waals surface area (Å²) in [6.45, 7) is 7.54. The fourth-order valence-corrected chi connectivity index (χ4v) is 7.21. The SMILES string of the molecule is CC/C=C\C/C=C\C/C=C\C/C=C\C/C=C\CCCC(=O)OCC(COCCCCCCCCCC/C=C\C/C=C\C/C=C\CC)OC(=O)CCCCCCCCCCCCCCC. The third kappa shape index (κ3) is 51.5. The van der Waals surface area contributed by atoms with Crippen LogP contribution in [0.2, 0.25) is 0 Å². The first-order valence-corrected chi connectivity index (χ1v) is 26.8. The summed E-state index contributed by atoms with van der Waals surface area (Å²) >= 11 is 0. The van der Waals surface area contributed by atoms with Crippen molar-refractivity contribution < 1.29 is 23.8 Å². The van der Waals surface area contributed by atoms with Gasteiger partial charge in [-0.05, 0) is 89.9 Å². The second-order valence-corrected chi connectivity index (χ2v) is 17.4. The zero-order valence-electron chi connectivity index (χ0n) is 42.0. The number of ether oxygens (including phenoxy) is 3. The van der Waals surface area contributed by atoms with Gasteiger partial charge in [-0.3, -0.25) is 9.59 Å². The fourth-order valence-electron chi connectivity index (χ4n) is 7.21. The number of rotatable bonds is 48. The van der Waals surface area contributed by atoms with Gasteiger partial charge in [-0.2, -0.15) is 0 Å². The molecule has 0 amide bonds. The largest absolute Gasteiger partial charge is 0.462 e. The Morgan fingerprint density at radius 2 is 0.719 bits per heavy atom. The monoisotopic (exact) mass is 889 g/mol. The van der Waals surface area contributed by atoms with Crippen LogP contribution in [0.1, 0.15) is 239 Å². The van der Waals surface area contributed by atoms with Crippen molar-refractivity contribution in [3.63, 3.8) is 0 Å². The first kappa shape index (κ1) is 60.8. The highest BCUT2D eigenvalue weighted by Crippen LogP contribution is 2.15. The molecule has 0 heterocycles. The summed E-state index contributed by atoms with van der Waals surface area (Å²) in [7, 11) is 0. The lowest BCUT2D eigenvalue weighted by Crippen LogP contribution is -2.30. The van der Waals surface area contributed by atoms with Crippen LogP contribution in [0, 0.1) is 0 Å². The predicted octanol–water partition coefficient (Wildman–Crippen LogP) is 18.2. The Bertz CT molecular complexity index is 1230. The van der Waals surface area contributed by atoms with Gasteiger partial charge in [0.1, 0.15) is 6.61 Å². The van der Waals surface area contributed by atoms with E-state index in [1.54, 1.807) is 0 Å². The summed E-state index contributed by atoms with van der Waals surface area (Å²) in [6, 6.07) is 0. The number of carbonyl (C=O) groups is 2. The normalized spacial score (nSPS) is 13.0. The Balaban J connectivity index is 4.36. The zero-order chi connectivity index (χ0) is 46.3. The number of hydrogen-bond donors (Lipinski definition) is 0. The average Bonchev–Trinajstić information content (AvgIpc) is 3.30. The second-order valence-electron chi connectivity index (χ2n) is 17.4. The molecule has 0 saturated carbocycles. The Kier molecular flexibility index (Phi) is 51.5. The second kappa shape index (κ2) is 54.2. The van der Waals surface area contributed by atoms with Gasteiger partial charge in [-0.1, -0.05) is 234 Å². The molecule has 0 fully saturated rings. The van der Waals surface area contributed by atoms with E-state index in [0.717, 1.165) is 89.9 Å². The highest BCUT2D eigenvalue weighted by Gasteiger charge is 2.17. The van der Waals surface area contributed by atoms with Gasteiger partial charge in [0.05, 0.1) is 6.61 Å². The molecule has 366 valence electrons. The minimum absolute atomic E-state index is 0.0502. The van der Waals surface area contributed by atoms with Gasteiger partial charge in [-0.25, -0.2) is 0 Å². The number of hydrogen-bond acceptors (Lipinski definition) is 5. The van der Waals surface area contributed by atoms with Gasteiger partial charge in [0.2, 0.25) is 0 Å². The quantitative estimate of drug-likeness (QED) is 0.0346. The van der Waals surface area contributed by atoms with Crippen molar-refractivity contribution in [3.05, 3.63) is 97.2 Å². The molecule has 0 radical (unpaired) electrons. The van der Waals surface area contributed by atoms with Crippen molar-refractivity contribution in [1.29, 1.82) is 0 Å². The van der Waals surface area contributed by atoms with E-state index >= 15 is 0 Å². The molecule has 0 bridgehead atoms. The highest BCUT2D eigenvalue weighted by molar-refractivity contribution is 5.70. The maximum absolute atomic E-state index is 12.8. The molecule has 0 aromatic heterocycles. The minimum Gasteiger partial charge on any atom is -0.462 e. The van der Waals surface area contributed by atoms with Crippen molar-refractivity contribution in [3.8, 4) is 0 Å². The molecule has 5 nitrogen and oxygen atoms in total. The molecule has 0 rings (SSSR count).